The minimum atomic E-state index is -0.317. The molecular formula is C12H25N7O. The van der Waals surface area contributed by atoms with E-state index >= 15 is 0 Å². The third kappa shape index (κ3) is 4.46. The molecular weight excluding hydrogens is 258 g/mol. The van der Waals surface area contributed by atoms with Crippen LogP contribution in [0.5, 0.6) is 0 Å². The molecule has 0 amide bonds. The number of nitrogen functional groups attached to an aromatic ring is 1. The first kappa shape index (κ1) is 16.4. The first-order valence-corrected chi connectivity index (χ1v) is 6.82. The van der Waals surface area contributed by atoms with Crippen molar-refractivity contribution in [3.05, 3.63) is 0 Å². The molecule has 0 aliphatic carbocycles. The highest BCUT2D eigenvalue weighted by atomic mass is 16.3. The van der Waals surface area contributed by atoms with Crippen molar-refractivity contribution in [3.63, 3.8) is 0 Å². The molecule has 0 radical (unpaired) electrons. The van der Waals surface area contributed by atoms with E-state index in [9.17, 15) is 0 Å². The van der Waals surface area contributed by atoms with E-state index in [1.807, 2.05) is 32.6 Å². The van der Waals surface area contributed by atoms with Crippen molar-refractivity contribution in [2.45, 2.75) is 39.7 Å². The number of hydrazine groups is 1. The Hall–Kier alpha value is -1.67. The highest BCUT2D eigenvalue weighted by molar-refractivity contribution is 5.44. The van der Waals surface area contributed by atoms with Gasteiger partial charge in [0.25, 0.3) is 0 Å². The van der Waals surface area contributed by atoms with E-state index in [1.165, 1.54) is 0 Å². The summed E-state index contributed by atoms with van der Waals surface area (Å²) < 4.78 is 0. The van der Waals surface area contributed by atoms with E-state index in [4.69, 9.17) is 10.9 Å². The SMILES string of the molecule is CCN(CC)c1nc(NN)nc(NC(C)(C)CCO)n1. The lowest BCUT2D eigenvalue weighted by Crippen LogP contribution is -2.34. The molecule has 1 rings (SSSR count). The molecule has 0 saturated heterocycles. The first-order chi connectivity index (χ1) is 9.45. The van der Waals surface area contributed by atoms with Gasteiger partial charge in [-0.05, 0) is 34.1 Å². The van der Waals surface area contributed by atoms with Crippen LogP contribution in [0.15, 0.2) is 0 Å². The average molecular weight is 283 g/mol. The van der Waals surface area contributed by atoms with Crippen LogP contribution >= 0.6 is 0 Å². The van der Waals surface area contributed by atoms with Crippen molar-refractivity contribution in [1.82, 2.24) is 15.0 Å². The Morgan fingerprint density at radius 2 is 1.75 bits per heavy atom. The molecule has 114 valence electrons. The summed E-state index contributed by atoms with van der Waals surface area (Å²) in [5, 5.41) is 12.3. The van der Waals surface area contributed by atoms with Gasteiger partial charge in [-0.3, -0.25) is 5.43 Å². The van der Waals surface area contributed by atoms with Gasteiger partial charge in [-0.15, -0.1) is 0 Å². The third-order valence-corrected chi connectivity index (χ3v) is 2.99. The van der Waals surface area contributed by atoms with Gasteiger partial charge in [0, 0.05) is 25.2 Å². The molecule has 0 atom stereocenters. The highest BCUT2D eigenvalue weighted by Crippen LogP contribution is 2.18. The number of hydrogen-bond donors (Lipinski definition) is 4. The van der Waals surface area contributed by atoms with Crippen LogP contribution in [0.2, 0.25) is 0 Å². The third-order valence-electron chi connectivity index (χ3n) is 2.99. The van der Waals surface area contributed by atoms with Crippen molar-refractivity contribution in [2.75, 3.05) is 35.3 Å². The number of nitrogens with two attached hydrogens (primary N) is 1. The van der Waals surface area contributed by atoms with E-state index in [0.717, 1.165) is 13.1 Å². The summed E-state index contributed by atoms with van der Waals surface area (Å²) in [6, 6.07) is 0. The zero-order valence-electron chi connectivity index (χ0n) is 12.6. The number of aliphatic hydroxyl groups excluding tert-OH is 1. The zero-order valence-corrected chi connectivity index (χ0v) is 12.6. The molecule has 1 aromatic rings. The quantitative estimate of drug-likeness (QED) is 0.405. The number of aliphatic hydroxyl groups is 1. The fraction of sp³-hybridized carbons (Fsp3) is 0.750. The standard InChI is InChI=1S/C12H25N7O/c1-5-19(6-2)11-15-9(14-10(16-11)18-13)17-12(3,4)7-8-20/h20H,5-8,13H2,1-4H3,(H2,14,15,16,17,18). The van der Waals surface area contributed by atoms with Crippen LogP contribution in [0.3, 0.4) is 0 Å². The monoisotopic (exact) mass is 283 g/mol. The second kappa shape index (κ2) is 7.20. The van der Waals surface area contributed by atoms with Gasteiger partial charge in [-0.2, -0.15) is 15.0 Å². The van der Waals surface area contributed by atoms with E-state index in [-0.39, 0.29) is 12.1 Å². The minimum Gasteiger partial charge on any atom is -0.396 e. The minimum absolute atomic E-state index is 0.0932. The fourth-order valence-electron chi connectivity index (χ4n) is 1.78. The fourth-order valence-corrected chi connectivity index (χ4v) is 1.78. The maximum absolute atomic E-state index is 9.07. The van der Waals surface area contributed by atoms with Crippen LogP contribution in [0.25, 0.3) is 0 Å². The van der Waals surface area contributed by atoms with Crippen molar-refractivity contribution in [3.8, 4) is 0 Å². The Kier molecular flexibility index (Phi) is 5.90. The largest absolute Gasteiger partial charge is 0.396 e. The van der Waals surface area contributed by atoms with Crippen LogP contribution in [0.1, 0.15) is 34.1 Å². The number of rotatable bonds is 8. The first-order valence-electron chi connectivity index (χ1n) is 6.82. The lowest BCUT2D eigenvalue weighted by Gasteiger charge is -2.26. The van der Waals surface area contributed by atoms with Gasteiger partial charge in [-0.1, -0.05) is 0 Å². The summed E-state index contributed by atoms with van der Waals surface area (Å²) >= 11 is 0. The Labute approximate surface area is 119 Å². The molecule has 5 N–H and O–H groups in total. The molecule has 0 spiro atoms. The smallest absolute Gasteiger partial charge is 0.243 e. The van der Waals surface area contributed by atoms with Crippen molar-refractivity contribution >= 4 is 17.8 Å². The average Bonchev–Trinajstić information content (AvgIpc) is 2.39. The Balaban J connectivity index is 3.04. The molecule has 0 unspecified atom stereocenters. The Morgan fingerprint density at radius 3 is 2.25 bits per heavy atom. The Morgan fingerprint density at radius 1 is 1.15 bits per heavy atom. The lowest BCUT2D eigenvalue weighted by molar-refractivity contribution is 0.260. The Bertz CT molecular complexity index is 420. The molecule has 1 aromatic heterocycles. The molecule has 0 aliphatic heterocycles. The van der Waals surface area contributed by atoms with Gasteiger partial charge in [0.05, 0.1) is 0 Å². The van der Waals surface area contributed by atoms with Crippen LogP contribution in [-0.4, -0.2) is 45.3 Å². The normalized spacial score (nSPS) is 11.3. The van der Waals surface area contributed by atoms with Gasteiger partial charge < -0.3 is 15.3 Å². The van der Waals surface area contributed by atoms with Gasteiger partial charge in [0.2, 0.25) is 17.8 Å². The second-order valence-electron chi connectivity index (χ2n) is 5.08. The van der Waals surface area contributed by atoms with E-state index in [2.05, 4.69) is 25.7 Å². The maximum atomic E-state index is 9.07. The van der Waals surface area contributed by atoms with E-state index in [0.29, 0.717) is 24.3 Å². The molecule has 0 aromatic carbocycles. The summed E-state index contributed by atoms with van der Waals surface area (Å²) in [5.41, 5.74) is 2.13. The van der Waals surface area contributed by atoms with Crippen molar-refractivity contribution < 1.29 is 5.11 Å². The maximum Gasteiger partial charge on any atom is 0.243 e. The number of hydrogen-bond acceptors (Lipinski definition) is 8. The van der Waals surface area contributed by atoms with E-state index in [1.54, 1.807) is 0 Å². The van der Waals surface area contributed by atoms with Gasteiger partial charge in [0.1, 0.15) is 0 Å². The van der Waals surface area contributed by atoms with Crippen LogP contribution in [0, 0.1) is 0 Å². The van der Waals surface area contributed by atoms with Gasteiger partial charge >= 0.3 is 0 Å². The topological polar surface area (TPSA) is 112 Å². The molecule has 8 heteroatoms. The van der Waals surface area contributed by atoms with Gasteiger partial charge in [-0.25, -0.2) is 5.84 Å². The van der Waals surface area contributed by atoms with Gasteiger partial charge in [0.15, 0.2) is 0 Å². The van der Waals surface area contributed by atoms with Crippen molar-refractivity contribution in [2.24, 2.45) is 5.84 Å². The summed E-state index contributed by atoms with van der Waals surface area (Å²) in [5.74, 6) is 6.72. The molecule has 0 saturated carbocycles. The molecule has 20 heavy (non-hydrogen) atoms. The molecule has 8 nitrogen and oxygen atoms in total. The number of nitrogens with zero attached hydrogens (tertiary/aromatic N) is 4. The van der Waals surface area contributed by atoms with E-state index < -0.39 is 0 Å². The molecule has 0 bridgehead atoms. The highest BCUT2D eigenvalue weighted by Gasteiger charge is 2.19. The van der Waals surface area contributed by atoms with Crippen LogP contribution in [-0.2, 0) is 0 Å². The summed E-state index contributed by atoms with van der Waals surface area (Å²) in [6.07, 6.45) is 0.588. The second-order valence-corrected chi connectivity index (χ2v) is 5.08. The number of aromatic nitrogens is 3. The lowest BCUT2D eigenvalue weighted by atomic mass is 10.0. The zero-order chi connectivity index (χ0) is 15.2. The molecule has 0 fully saturated rings. The van der Waals surface area contributed by atoms with Crippen molar-refractivity contribution in [1.29, 1.82) is 0 Å². The summed E-state index contributed by atoms with van der Waals surface area (Å²) in [7, 11) is 0. The number of anilines is 3. The predicted molar refractivity (Wildman–Crippen MR) is 80.6 cm³/mol. The van der Waals surface area contributed by atoms with Crippen LogP contribution in [0.4, 0.5) is 17.8 Å². The van der Waals surface area contributed by atoms with Crippen LogP contribution < -0.4 is 21.5 Å². The predicted octanol–water partition coefficient (Wildman–Crippen LogP) is 0.576. The summed E-state index contributed by atoms with van der Waals surface area (Å²) in [4.78, 5) is 14.9. The molecule has 1 heterocycles. The molecule has 0 aliphatic rings. The summed E-state index contributed by atoms with van der Waals surface area (Å²) in [6.45, 7) is 9.69. The number of nitrogens with one attached hydrogen (secondary N) is 2.